The van der Waals surface area contributed by atoms with E-state index in [-0.39, 0.29) is 114 Å². The van der Waals surface area contributed by atoms with Crippen LogP contribution in [0.1, 0.15) is 244 Å². The van der Waals surface area contributed by atoms with Crippen LogP contribution in [0.2, 0.25) is 0 Å². The topological polar surface area (TPSA) is 451 Å². The molecule has 0 saturated carbocycles. The van der Waals surface area contributed by atoms with Gasteiger partial charge in [-0.15, -0.1) is 0 Å². The molecule has 0 radical (unpaired) electrons. The molecule has 650 valence electrons. The number of aliphatic carboxylic acids is 1. The smallest absolute Gasteiger partial charge is 0.307 e. The predicted octanol–water partition coefficient (Wildman–Crippen LogP) is 5.84. The van der Waals surface area contributed by atoms with Crippen molar-refractivity contribution in [3.63, 3.8) is 0 Å². The predicted molar refractivity (Wildman–Crippen MR) is 406 cm³/mol. The molecule has 3 saturated heterocycles. The minimum Gasteiger partial charge on any atom is -0.481 e. The average molecular weight is 1630 g/mol. The van der Waals surface area contributed by atoms with E-state index < -0.39 is 164 Å². The number of nitrogens with zero attached hydrogens (tertiary/aromatic N) is 2. The van der Waals surface area contributed by atoms with E-state index in [0.29, 0.717) is 122 Å². The molecule has 0 bridgehead atoms. The van der Waals surface area contributed by atoms with Crippen LogP contribution in [-0.4, -0.2) is 256 Å². The van der Waals surface area contributed by atoms with Crippen molar-refractivity contribution >= 4 is 89.0 Å². The number of amides is 6. The Morgan fingerprint density at radius 1 is 0.395 bits per heavy atom. The minimum atomic E-state index is -1.21. The summed E-state index contributed by atoms with van der Waals surface area (Å²) >= 11 is 0. The van der Waals surface area contributed by atoms with E-state index in [0.717, 1.165) is 12.8 Å². The Balaban J connectivity index is 1.65. The molecule has 16 atom stereocenters. The third-order valence-electron chi connectivity index (χ3n) is 19.6. The molecule has 6 amide bonds. The lowest BCUT2D eigenvalue weighted by Crippen LogP contribution is -2.62. The standard InChI is InChI=1S/C79H130N6O29/c1-14-62(111-69(100)37-36-68(98)99)76(101)85(42-31-38-80-66(96)34-22-16-19-29-44-103-78-71(82-53(6)87)50(3)74(109-59(12)93)64(113-78)47-106-56(9)90)41-27-26-40-84(67(97)35-23-17-20-30-45-104-79-72(83-54(7)88)51(4)75(110-60(13)94)65(114-79)48-107-57(10)91)39-25-24-33-61(95)32-21-15-18-28-43-102-77-70(81-52(5)86)49(2)73(108-58(11)92)63(112-77)46-105-55(8)89/h49-51,62-65,70-75,77-79H,14-48H2,1-13H3,(H,80,96)(H,81,86)(H,82,87)(H,83,88)(H,98,99)/t49-,50-,51-,62?,63?,64?,65?,70?,71?,72?,73-,74-,75-,77-,78-,79-/m1/s1. The molecule has 0 aromatic rings. The summed E-state index contributed by atoms with van der Waals surface area (Å²) < 4.78 is 74.5. The molecule has 3 heterocycles. The highest BCUT2D eigenvalue weighted by atomic mass is 16.7. The molecule has 35 heteroatoms. The first-order valence-electron chi connectivity index (χ1n) is 40.4. The molecule has 5 N–H and O–H groups in total. The maximum Gasteiger partial charge on any atom is 0.307 e. The monoisotopic (exact) mass is 1630 g/mol. The van der Waals surface area contributed by atoms with Crippen molar-refractivity contribution in [2.45, 2.75) is 324 Å². The van der Waals surface area contributed by atoms with Crippen LogP contribution in [0.5, 0.6) is 0 Å². The van der Waals surface area contributed by atoms with Gasteiger partial charge in [-0.25, -0.2) is 0 Å². The molecule has 3 aliphatic rings. The summed E-state index contributed by atoms with van der Waals surface area (Å²) in [6, 6.07) is -2.07. The number of carbonyl (C=O) groups is 15. The second-order valence-electron chi connectivity index (χ2n) is 29.5. The van der Waals surface area contributed by atoms with E-state index >= 15 is 0 Å². The lowest BCUT2D eigenvalue weighted by molar-refractivity contribution is -0.262. The maximum absolute atomic E-state index is 14.2. The number of carbonyl (C=O) groups excluding carboxylic acids is 14. The van der Waals surface area contributed by atoms with E-state index in [1.54, 1.807) is 37.5 Å². The molecule has 114 heavy (non-hydrogen) atoms. The fourth-order valence-corrected chi connectivity index (χ4v) is 13.8. The van der Waals surface area contributed by atoms with Crippen molar-refractivity contribution in [1.82, 2.24) is 31.1 Å². The molecule has 0 aromatic carbocycles. The van der Waals surface area contributed by atoms with Crippen LogP contribution in [0.3, 0.4) is 0 Å². The summed E-state index contributed by atoms with van der Waals surface area (Å²) in [7, 11) is 0. The van der Waals surface area contributed by atoms with Gasteiger partial charge in [-0.2, -0.15) is 0 Å². The van der Waals surface area contributed by atoms with Gasteiger partial charge >= 0.3 is 47.8 Å². The quantitative estimate of drug-likeness (QED) is 0.0271. The van der Waals surface area contributed by atoms with Gasteiger partial charge in [0.05, 0.1) is 31.0 Å². The van der Waals surface area contributed by atoms with E-state index in [4.69, 9.17) is 61.6 Å². The molecule has 35 nitrogen and oxygen atoms in total. The Kier molecular flexibility index (Phi) is 48.8. The zero-order chi connectivity index (χ0) is 84.8. The third-order valence-corrected chi connectivity index (χ3v) is 19.6. The molecular formula is C79H130N6O29. The average Bonchev–Trinajstić information content (AvgIpc) is 0.808. The van der Waals surface area contributed by atoms with Gasteiger partial charge < -0.3 is 97.8 Å². The van der Waals surface area contributed by atoms with E-state index in [9.17, 15) is 77.0 Å². The number of Topliss-reactive ketones (excluding diaryl/α,β-unsaturated/α-hetero) is 1. The van der Waals surface area contributed by atoms with Crippen LogP contribution in [0.4, 0.5) is 0 Å². The van der Waals surface area contributed by atoms with E-state index in [1.165, 1.54) is 62.3 Å². The number of carboxylic acids is 1. The Labute approximate surface area is 670 Å². The summed E-state index contributed by atoms with van der Waals surface area (Å²) in [4.78, 5) is 190. The van der Waals surface area contributed by atoms with Gasteiger partial charge in [0.25, 0.3) is 5.91 Å². The van der Waals surface area contributed by atoms with E-state index in [2.05, 4.69) is 21.3 Å². The second-order valence-corrected chi connectivity index (χ2v) is 29.5. The van der Waals surface area contributed by atoms with E-state index in [1.807, 2.05) is 0 Å². The normalized spacial score (nSPS) is 23.4. The number of carboxylic acid groups (broad SMARTS) is 1. The third kappa shape index (κ3) is 40.5. The first-order chi connectivity index (χ1) is 54.1. The van der Waals surface area contributed by atoms with Crippen LogP contribution < -0.4 is 21.3 Å². The molecule has 7 unspecified atom stereocenters. The SMILES string of the molecule is CCC(OC(=O)CCC(=O)O)C(=O)N(CCCCN(CCCCC(=O)CCCCCCO[C@@H]1OC(COC(C)=O)[C@H](OC(C)=O)[C@H](C)C1NC(C)=O)C(=O)CCCCCCO[C@@H]1OC(COC(C)=O)[C@H](OC(C)=O)[C@H](C)C1NC(C)=O)CCCNC(=O)CCCCCCO[C@@H]1OC(COC(C)=O)[C@H](OC(C)=O)[C@H](C)C1NC(C)=O. The molecular weight excluding hydrogens is 1500 g/mol. The van der Waals surface area contributed by atoms with Gasteiger partial charge in [0.2, 0.25) is 29.5 Å². The molecule has 3 aliphatic heterocycles. The minimum absolute atomic E-state index is 0.0772. The number of unbranched alkanes of at least 4 members (excludes halogenated alkanes) is 11. The van der Waals surface area contributed by atoms with Gasteiger partial charge in [-0.3, -0.25) is 71.9 Å². The van der Waals surface area contributed by atoms with Gasteiger partial charge in [-0.1, -0.05) is 66.2 Å². The van der Waals surface area contributed by atoms with Crippen LogP contribution in [0.15, 0.2) is 0 Å². The highest BCUT2D eigenvalue weighted by Crippen LogP contribution is 2.34. The summed E-state index contributed by atoms with van der Waals surface area (Å²) in [5, 5.41) is 20.6. The Morgan fingerprint density at radius 2 is 0.737 bits per heavy atom. The maximum atomic E-state index is 14.2. The van der Waals surface area contributed by atoms with Crippen molar-refractivity contribution in [3.05, 3.63) is 0 Å². The summed E-state index contributed by atoms with van der Waals surface area (Å²) in [5.41, 5.74) is 0. The highest BCUT2D eigenvalue weighted by Gasteiger charge is 2.50. The second kappa shape index (κ2) is 55.5. The zero-order valence-electron chi connectivity index (χ0n) is 69.3. The van der Waals surface area contributed by atoms with Gasteiger partial charge in [0, 0.05) is 158 Å². The number of rotatable bonds is 56. The Morgan fingerprint density at radius 3 is 1.10 bits per heavy atom. The van der Waals surface area contributed by atoms with Crippen molar-refractivity contribution in [2.75, 3.05) is 72.4 Å². The van der Waals surface area contributed by atoms with Crippen molar-refractivity contribution in [2.24, 2.45) is 17.8 Å². The Hall–Kier alpha value is -7.99. The van der Waals surface area contributed by atoms with Crippen molar-refractivity contribution < 1.29 is 139 Å². The van der Waals surface area contributed by atoms with Crippen LogP contribution >= 0.6 is 0 Å². The van der Waals surface area contributed by atoms with Crippen molar-refractivity contribution in [1.29, 1.82) is 0 Å². The summed E-state index contributed by atoms with van der Waals surface area (Å²) in [6.45, 7) is 19.8. The summed E-state index contributed by atoms with van der Waals surface area (Å²) in [5.74, 6) is -8.61. The number of ketones is 1. The van der Waals surface area contributed by atoms with Crippen LogP contribution in [0.25, 0.3) is 0 Å². The Bertz CT molecular complexity index is 3040. The number of nitrogens with one attached hydrogen (secondary N) is 4. The van der Waals surface area contributed by atoms with Crippen LogP contribution in [-0.2, 0) is 133 Å². The fraction of sp³-hybridized carbons (Fsp3) is 0.810. The van der Waals surface area contributed by atoms with Crippen molar-refractivity contribution in [3.8, 4) is 0 Å². The molecule has 3 fully saturated rings. The van der Waals surface area contributed by atoms with Crippen LogP contribution in [0, 0.1) is 17.8 Å². The largest absolute Gasteiger partial charge is 0.481 e. The highest BCUT2D eigenvalue weighted by molar-refractivity contribution is 5.85. The first kappa shape index (κ1) is 100. The first-order valence-corrected chi connectivity index (χ1v) is 40.4. The molecule has 0 aromatic heterocycles. The number of hydrogen-bond acceptors (Lipinski definition) is 28. The van der Waals surface area contributed by atoms with Gasteiger partial charge in [0.1, 0.15) is 62.2 Å². The molecule has 0 spiro atoms. The lowest BCUT2D eigenvalue weighted by Gasteiger charge is -2.44. The number of ether oxygens (including phenoxy) is 13. The van der Waals surface area contributed by atoms with Gasteiger partial charge in [0.15, 0.2) is 25.0 Å². The number of hydrogen-bond donors (Lipinski definition) is 5. The molecule has 0 aliphatic carbocycles. The fourth-order valence-electron chi connectivity index (χ4n) is 13.8. The summed E-state index contributed by atoms with van der Waals surface area (Å²) in [6.07, 6.45) is 0.970. The molecule has 3 rings (SSSR count). The zero-order valence-corrected chi connectivity index (χ0v) is 69.3. The number of esters is 7. The van der Waals surface area contributed by atoms with Gasteiger partial charge in [-0.05, 0) is 77.0 Å². The lowest BCUT2D eigenvalue weighted by atomic mass is 9.88.